The molecule has 17 heavy (non-hydrogen) atoms. The van der Waals surface area contributed by atoms with Crippen molar-refractivity contribution in [2.45, 2.75) is 6.92 Å². The minimum atomic E-state index is -0.967. The lowest BCUT2D eigenvalue weighted by Gasteiger charge is -2.03. The van der Waals surface area contributed by atoms with Crippen LogP contribution in [0.2, 0.25) is 0 Å². The van der Waals surface area contributed by atoms with Crippen LogP contribution in [-0.2, 0) is 14.3 Å². The monoisotopic (exact) mass is 236 g/mol. The summed E-state index contributed by atoms with van der Waals surface area (Å²) in [6, 6.07) is 5.74. The third-order valence-electron chi connectivity index (χ3n) is 2.01. The molecule has 0 aromatic heterocycles. The molecule has 90 valence electrons. The first kappa shape index (κ1) is 12.9. The van der Waals surface area contributed by atoms with E-state index in [0.717, 1.165) is 7.11 Å². The minimum absolute atomic E-state index is 0.0994. The Labute approximate surface area is 98.3 Å². The highest BCUT2D eigenvalue weighted by molar-refractivity contribution is 6.40. The molecule has 0 unspecified atom stereocenters. The van der Waals surface area contributed by atoms with Gasteiger partial charge in [0.15, 0.2) is 0 Å². The number of hydrogen-bond donors (Lipinski definition) is 0. The lowest BCUT2D eigenvalue weighted by atomic mass is 10.1. The van der Waals surface area contributed by atoms with Crippen molar-refractivity contribution in [3.8, 4) is 0 Å². The standard InChI is InChI=1S/C12H12O5/c1-3-17-11(14)9-6-4-5-8(7-9)10(13)12(15)16-2/h4-7H,3H2,1-2H3. The Balaban J connectivity index is 2.97. The van der Waals surface area contributed by atoms with E-state index in [0.29, 0.717) is 0 Å². The third kappa shape index (κ3) is 3.14. The van der Waals surface area contributed by atoms with Crippen molar-refractivity contribution in [1.29, 1.82) is 0 Å². The Morgan fingerprint density at radius 1 is 1.18 bits per heavy atom. The van der Waals surface area contributed by atoms with E-state index < -0.39 is 17.7 Å². The van der Waals surface area contributed by atoms with Crippen molar-refractivity contribution in [2.24, 2.45) is 0 Å². The number of hydrogen-bond acceptors (Lipinski definition) is 5. The number of ether oxygens (including phenoxy) is 2. The summed E-state index contributed by atoms with van der Waals surface area (Å²) in [5, 5.41) is 0. The molecule has 5 nitrogen and oxygen atoms in total. The Hall–Kier alpha value is -2.17. The number of carbonyl (C=O) groups is 3. The molecule has 0 heterocycles. The number of benzene rings is 1. The molecule has 1 aromatic carbocycles. The molecule has 0 bridgehead atoms. The van der Waals surface area contributed by atoms with Crippen molar-refractivity contribution in [3.05, 3.63) is 35.4 Å². The average molecular weight is 236 g/mol. The van der Waals surface area contributed by atoms with Crippen LogP contribution < -0.4 is 0 Å². The second kappa shape index (κ2) is 5.79. The van der Waals surface area contributed by atoms with E-state index in [9.17, 15) is 14.4 Å². The molecule has 1 rings (SSSR count). The van der Waals surface area contributed by atoms with Crippen LogP contribution in [-0.4, -0.2) is 31.4 Å². The molecule has 0 aliphatic rings. The van der Waals surface area contributed by atoms with Crippen LogP contribution in [0.25, 0.3) is 0 Å². The number of methoxy groups -OCH3 is 1. The summed E-state index contributed by atoms with van der Waals surface area (Å²) in [5.41, 5.74) is 0.323. The molecule has 0 amide bonds. The molecule has 1 aromatic rings. The van der Waals surface area contributed by atoms with E-state index in [1.54, 1.807) is 6.92 Å². The summed E-state index contributed by atoms with van der Waals surface area (Å²) in [5.74, 6) is -2.29. The van der Waals surface area contributed by atoms with Gasteiger partial charge < -0.3 is 9.47 Å². The van der Waals surface area contributed by atoms with Gasteiger partial charge in [-0.3, -0.25) is 4.79 Å². The molecule has 0 saturated carbocycles. The number of rotatable bonds is 4. The number of ketones is 1. The van der Waals surface area contributed by atoms with Gasteiger partial charge in [0.2, 0.25) is 0 Å². The quantitative estimate of drug-likeness (QED) is 0.446. The van der Waals surface area contributed by atoms with Crippen molar-refractivity contribution in [3.63, 3.8) is 0 Å². The van der Waals surface area contributed by atoms with E-state index in [2.05, 4.69) is 4.74 Å². The molecular formula is C12H12O5. The molecule has 0 spiro atoms. The van der Waals surface area contributed by atoms with Gasteiger partial charge in [-0.1, -0.05) is 12.1 Å². The lowest BCUT2D eigenvalue weighted by Crippen LogP contribution is -2.16. The number of esters is 2. The summed E-state index contributed by atoms with van der Waals surface area (Å²) < 4.78 is 9.09. The Morgan fingerprint density at radius 3 is 2.41 bits per heavy atom. The predicted octanol–water partition coefficient (Wildman–Crippen LogP) is 1.22. The van der Waals surface area contributed by atoms with Crippen LogP contribution in [0.15, 0.2) is 24.3 Å². The first-order valence-corrected chi connectivity index (χ1v) is 5.00. The van der Waals surface area contributed by atoms with Gasteiger partial charge in [-0.15, -0.1) is 0 Å². The Kier molecular flexibility index (Phi) is 4.39. The van der Waals surface area contributed by atoms with Crippen LogP contribution in [0, 0.1) is 0 Å². The molecule has 0 atom stereocenters. The fourth-order valence-electron chi connectivity index (χ4n) is 1.21. The van der Waals surface area contributed by atoms with Crippen LogP contribution in [0.4, 0.5) is 0 Å². The zero-order valence-corrected chi connectivity index (χ0v) is 9.56. The largest absolute Gasteiger partial charge is 0.463 e. The van der Waals surface area contributed by atoms with Gasteiger partial charge in [-0.05, 0) is 19.1 Å². The topological polar surface area (TPSA) is 69.7 Å². The van der Waals surface area contributed by atoms with Gasteiger partial charge in [-0.25, -0.2) is 9.59 Å². The highest BCUT2D eigenvalue weighted by Crippen LogP contribution is 2.08. The van der Waals surface area contributed by atoms with Crippen LogP contribution in [0.1, 0.15) is 27.6 Å². The lowest BCUT2D eigenvalue weighted by molar-refractivity contribution is -0.135. The molecule has 0 aliphatic carbocycles. The zero-order valence-electron chi connectivity index (χ0n) is 9.56. The highest BCUT2D eigenvalue weighted by atomic mass is 16.5. The van der Waals surface area contributed by atoms with E-state index in [-0.39, 0.29) is 17.7 Å². The summed E-state index contributed by atoms with van der Waals surface area (Å²) >= 11 is 0. The van der Waals surface area contributed by atoms with Crippen molar-refractivity contribution < 1.29 is 23.9 Å². The van der Waals surface area contributed by atoms with Crippen LogP contribution >= 0.6 is 0 Å². The van der Waals surface area contributed by atoms with Gasteiger partial charge in [0.1, 0.15) is 0 Å². The van der Waals surface area contributed by atoms with Gasteiger partial charge in [0.05, 0.1) is 19.3 Å². The smallest absolute Gasteiger partial charge is 0.379 e. The van der Waals surface area contributed by atoms with E-state index in [4.69, 9.17) is 4.74 Å². The van der Waals surface area contributed by atoms with Crippen molar-refractivity contribution in [2.75, 3.05) is 13.7 Å². The van der Waals surface area contributed by atoms with Gasteiger partial charge in [0, 0.05) is 5.56 Å². The summed E-state index contributed by atoms with van der Waals surface area (Å²) in [7, 11) is 1.12. The normalized spacial score (nSPS) is 9.53. The first-order chi connectivity index (χ1) is 8.10. The van der Waals surface area contributed by atoms with Gasteiger partial charge in [0.25, 0.3) is 5.78 Å². The highest BCUT2D eigenvalue weighted by Gasteiger charge is 2.18. The maximum Gasteiger partial charge on any atom is 0.379 e. The SMILES string of the molecule is CCOC(=O)c1cccc(C(=O)C(=O)OC)c1. The minimum Gasteiger partial charge on any atom is -0.463 e. The average Bonchev–Trinajstić information content (AvgIpc) is 2.37. The molecule has 0 aliphatic heterocycles. The fourth-order valence-corrected chi connectivity index (χ4v) is 1.21. The van der Waals surface area contributed by atoms with E-state index in [1.807, 2.05) is 0 Å². The molecule has 0 N–H and O–H groups in total. The Bertz CT molecular complexity index is 450. The first-order valence-electron chi connectivity index (χ1n) is 5.00. The van der Waals surface area contributed by atoms with Gasteiger partial charge in [-0.2, -0.15) is 0 Å². The van der Waals surface area contributed by atoms with Crippen molar-refractivity contribution in [1.82, 2.24) is 0 Å². The van der Waals surface area contributed by atoms with Gasteiger partial charge >= 0.3 is 11.9 Å². The maximum atomic E-state index is 11.5. The molecular weight excluding hydrogens is 224 g/mol. The Morgan fingerprint density at radius 2 is 1.82 bits per heavy atom. The molecule has 5 heteroatoms. The fraction of sp³-hybridized carbons (Fsp3) is 0.250. The second-order valence-corrected chi connectivity index (χ2v) is 3.12. The predicted molar refractivity (Wildman–Crippen MR) is 58.7 cm³/mol. The molecule has 0 radical (unpaired) electrons. The third-order valence-corrected chi connectivity index (χ3v) is 2.01. The number of Topliss-reactive ketones (excluding diaryl/α,β-unsaturated/α-hetero) is 1. The van der Waals surface area contributed by atoms with Crippen LogP contribution in [0.5, 0.6) is 0 Å². The van der Waals surface area contributed by atoms with Crippen LogP contribution in [0.3, 0.4) is 0 Å². The second-order valence-electron chi connectivity index (χ2n) is 3.12. The summed E-state index contributed by atoms with van der Waals surface area (Å²) in [6.07, 6.45) is 0. The van der Waals surface area contributed by atoms with E-state index >= 15 is 0 Å². The molecule has 0 fully saturated rings. The number of carbonyl (C=O) groups excluding carboxylic acids is 3. The maximum absolute atomic E-state index is 11.5. The van der Waals surface area contributed by atoms with E-state index in [1.165, 1.54) is 24.3 Å². The summed E-state index contributed by atoms with van der Waals surface area (Å²) in [6.45, 7) is 1.93. The molecule has 0 saturated heterocycles. The summed E-state index contributed by atoms with van der Waals surface area (Å²) in [4.78, 5) is 33.9. The zero-order chi connectivity index (χ0) is 12.8. The van der Waals surface area contributed by atoms with Crippen molar-refractivity contribution >= 4 is 17.7 Å².